The zero-order valence-electron chi connectivity index (χ0n) is 14.9. The molecule has 24 heavy (non-hydrogen) atoms. The third-order valence-corrected chi connectivity index (χ3v) is 6.23. The zero-order valence-corrected chi connectivity index (χ0v) is 18.0. The molecule has 1 atom stereocenters. The van der Waals surface area contributed by atoms with Gasteiger partial charge in [-0.05, 0) is 18.8 Å². The van der Waals surface area contributed by atoms with Gasteiger partial charge >= 0.3 is 0 Å². The van der Waals surface area contributed by atoms with E-state index in [4.69, 9.17) is 0 Å². The molecule has 0 aromatic carbocycles. The van der Waals surface area contributed by atoms with Gasteiger partial charge in [-0.2, -0.15) is 11.8 Å². The highest BCUT2D eigenvalue weighted by molar-refractivity contribution is 14.0. The third kappa shape index (κ3) is 4.56. The van der Waals surface area contributed by atoms with E-state index in [0.717, 1.165) is 43.7 Å². The number of hydrogen-bond acceptors (Lipinski definition) is 4. The average Bonchev–Trinajstić information content (AvgIpc) is 2.99. The van der Waals surface area contributed by atoms with Gasteiger partial charge in [0.15, 0.2) is 11.8 Å². The van der Waals surface area contributed by atoms with E-state index in [0.29, 0.717) is 17.7 Å². The molecular weight excluding hydrogens is 435 g/mol. The molecule has 6 nitrogen and oxygen atoms in total. The summed E-state index contributed by atoms with van der Waals surface area (Å²) in [5.41, 5.74) is 0. The first-order chi connectivity index (χ1) is 11.2. The van der Waals surface area contributed by atoms with Crippen molar-refractivity contribution in [2.45, 2.75) is 51.4 Å². The number of aryl methyl sites for hydroxylation is 1. The molecular formula is C16H29IN6S. The van der Waals surface area contributed by atoms with Crippen LogP contribution in [-0.2, 0) is 19.5 Å². The van der Waals surface area contributed by atoms with Gasteiger partial charge in [-0.25, -0.2) is 0 Å². The summed E-state index contributed by atoms with van der Waals surface area (Å²) in [5, 5.41) is 12.9. The maximum absolute atomic E-state index is 4.48. The van der Waals surface area contributed by atoms with Crippen molar-refractivity contribution in [3.63, 3.8) is 0 Å². The van der Waals surface area contributed by atoms with Crippen LogP contribution >= 0.6 is 35.7 Å². The molecule has 1 aromatic rings. The molecule has 2 aliphatic rings. The van der Waals surface area contributed by atoms with Gasteiger partial charge in [0.25, 0.3) is 0 Å². The second-order valence-electron chi connectivity index (χ2n) is 6.64. The van der Waals surface area contributed by atoms with Crippen molar-refractivity contribution in [3.05, 3.63) is 11.6 Å². The third-order valence-electron chi connectivity index (χ3n) is 4.69. The number of halogens is 1. The summed E-state index contributed by atoms with van der Waals surface area (Å²) in [5.74, 6) is 5.03. The van der Waals surface area contributed by atoms with Gasteiger partial charge in [0.2, 0.25) is 0 Å². The molecule has 0 saturated carbocycles. The first-order valence-corrected chi connectivity index (χ1v) is 9.72. The molecule has 0 aliphatic carbocycles. The molecule has 0 amide bonds. The van der Waals surface area contributed by atoms with Crippen LogP contribution in [0.2, 0.25) is 0 Å². The Morgan fingerprint density at radius 3 is 2.92 bits per heavy atom. The number of hydrogen-bond donors (Lipinski definition) is 1. The van der Waals surface area contributed by atoms with Crippen LogP contribution in [0.15, 0.2) is 4.99 Å². The highest BCUT2D eigenvalue weighted by Gasteiger charge is 2.25. The molecule has 8 heteroatoms. The number of nitrogens with one attached hydrogen (secondary N) is 1. The normalized spacial score (nSPS) is 21.4. The molecule has 0 radical (unpaired) electrons. The molecule has 2 aliphatic heterocycles. The minimum atomic E-state index is 0. The highest BCUT2D eigenvalue weighted by Crippen LogP contribution is 2.24. The van der Waals surface area contributed by atoms with Gasteiger partial charge in [-0.15, -0.1) is 34.2 Å². The Balaban J connectivity index is 0.00000208. The maximum Gasteiger partial charge on any atom is 0.194 e. The topological polar surface area (TPSA) is 58.3 Å². The summed E-state index contributed by atoms with van der Waals surface area (Å²) in [6.45, 7) is 8.49. The molecule has 3 heterocycles. The quantitative estimate of drug-likeness (QED) is 0.423. The van der Waals surface area contributed by atoms with Gasteiger partial charge in [-0.3, -0.25) is 4.99 Å². The average molecular weight is 464 g/mol. The van der Waals surface area contributed by atoms with Crippen LogP contribution in [0.5, 0.6) is 0 Å². The number of guanidine groups is 1. The zero-order chi connectivity index (χ0) is 16.2. The van der Waals surface area contributed by atoms with Crippen LogP contribution in [0.3, 0.4) is 0 Å². The first-order valence-electron chi connectivity index (χ1n) is 8.67. The fraction of sp³-hybridized carbons (Fsp3) is 0.812. The fourth-order valence-corrected chi connectivity index (χ4v) is 4.56. The molecule has 1 N–H and O–H groups in total. The van der Waals surface area contributed by atoms with E-state index in [1.807, 2.05) is 7.05 Å². The van der Waals surface area contributed by atoms with E-state index in [1.54, 1.807) is 0 Å². The Labute approximate surface area is 166 Å². The summed E-state index contributed by atoms with van der Waals surface area (Å²) in [4.78, 5) is 6.87. The van der Waals surface area contributed by atoms with Crippen molar-refractivity contribution in [2.24, 2.45) is 10.9 Å². The smallest absolute Gasteiger partial charge is 0.194 e. The number of aliphatic imine (C=N–C) groups is 1. The SMILES string of the molecule is CN=C(NCc1nnc2n1CCCC2)N1CCSC(C(C)C)C1.I. The lowest BCUT2D eigenvalue weighted by molar-refractivity contribution is 0.379. The molecule has 1 aromatic heterocycles. The molecule has 3 rings (SSSR count). The Bertz CT molecular complexity index is 559. The monoisotopic (exact) mass is 464 g/mol. The van der Waals surface area contributed by atoms with Crippen LogP contribution in [0.25, 0.3) is 0 Å². The molecule has 0 spiro atoms. The number of thioether (sulfide) groups is 1. The molecule has 136 valence electrons. The van der Waals surface area contributed by atoms with Crippen LogP contribution in [0, 0.1) is 5.92 Å². The standard InChI is InChI=1S/C16H28N6S.HI/c1-12(2)13-11-21(8-9-23-13)16(17-3)18-10-15-20-19-14-6-4-5-7-22(14)15;/h12-13H,4-11H2,1-3H3,(H,17,18);1H. The molecule has 1 fully saturated rings. The van der Waals surface area contributed by atoms with Crippen molar-refractivity contribution in [1.29, 1.82) is 0 Å². The maximum atomic E-state index is 4.48. The number of fused-ring (bicyclic) bond motifs is 1. The fourth-order valence-electron chi connectivity index (χ4n) is 3.26. The summed E-state index contributed by atoms with van der Waals surface area (Å²) in [7, 11) is 1.87. The van der Waals surface area contributed by atoms with E-state index < -0.39 is 0 Å². The lowest BCUT2D eigenvalue weighted by atomic mass is 10.1. The number of aromatic nitrogens is 3. The van der Waals surface area contributed by atoms with Crippen molar-refractivity contribution in [3.8, 4) is 0 Å². The van der Waals surface area contributed by atoms with Gasteiger partial charge in [0, 0.05) is 44.1 Å². The van der Waals surface area contributed by atoms with E-state index in [2.05, 4.69) is 55.6 Å². The minimum Gasteiger partial charge on any atom is -0.349 e. The van der Waals surface area contributed by atoms with Gasteiger partial charge < -0.3 is 14.8 Å². The van der Waals surface area contributed by atoms with Crippen molar-refractivity contribution >= 4 is 41.7 Å². The van der Waals surface area contributed by atoms with E-state index in [1.165, 1.54) is 18.6 Å². The van der Waals surface area contributed by atoms with Crippen LogP contribution < -0.4 is 5.32 Å². The van der Waals surface area contributed by atoms with Gasteiger partial charge in [0.05, 0.1) is 6.54 Å². The highest BCUT2D eigenvalue weighted by atomic mass is 127. The van der Waals surface area contributed by atoms with E-state index >= 15 is 0 Å². The predicted octanol–water partition coefficient (Wildman–Crippen LogP) is 2.38. The molecule has 1 saturated heterocycles. The van der Waals surface area contributed by atoms with Crippen LogP contribution in [0.4, 0.5) is 0 Å². The summed E-state index contributed by atoms with van der Waals surface area (Å²) < 4.78 is 2.27. The Morgan fingerprint density at radius 1 is 1.33 bits per heavy atom. The first kappa shape index (κ1) is 19.8. The number of rotatable bonds is 3. The van der Waals surface area contributed by atoms with Crippen LogP contribution in [-0.4, -0.2) is 56.8 Å². The van der Waals surface area contributed by atoms with Crippen molar-refractivity contribution in [1.82, 2.24) is 25.0 Å². The Hall–Kier alpha value is -0.510. The van der Waals surface area contributed by atoms with Gasteiger partial charge in [-0.1, -0.05) is 13.8 Å². The molecule has 1 unspecified atom stereocenters. The van der Waals surface area contributed by atoms with E-state index in [-0.39, 0.29) is 24.0 Å². The lowest BCUT2D eigenvalue weighted by Gasteiger charge is -2.36. The summed E-state index contributed by atoms with van der Waals surface area (Å²) in [6, 6.07) is 0. The Kier molecular flexibility index (Phi) is 7.64. The second kappa shape index (κ2) is 9.26. The van der Waals surface area contributed by atoms with Crippen molar-refractivity contribution < 1.29 is 0 Å². The van der Waals surface area contributed by atoms with Gasteiger partial charge in [0.1, 0.15) is 5.82 Å². The minimum absolute atomic E-state index is 0. The van der Waals surface area contributed by atoms with Crippen molar-refractivity contribution in [2.75, 3.05) is 25.9 Å². The largest absolute Gasteiger partial charge is 0.349 e. The lowest BCUT2D eigenvalue weighted by Crippen LogP contribution is -2.49. The number of nitrogens with zero attached hydrogens (tertiary/aromatic N) is 5. The van der Waals surface area contributed by atoms with E-state index in [9.17, 15) is 0 Å². The Morgan fingerprint density at radius 2 is 2.17 bits per heavy atom. The summed E-state index contributed by atoms with van der Waals surface area (Å²) in [6.07, 6.45) is 3.52. The van der Waals surface area contributed by atoms with Crippen LogP contribution in [0.1, 0.15) is 38.3 Å². The summed E-state index contributed by atoms with van der Waals surface area (Å²) >= 11 is 2.09. The second-order valence-corrected chi connectivity index (χ2v) is 7.99. The molecule has 0 bridgehead atoms. The predicted molar refractivity (Wildman–Crippen MR) is 111 cm³/mol.